The predicted molar refractivity (Wildman–Crippen MR) is 53.5 cm³/mol. The highest BCUT2D eigenvalue weighted by atomic mass is 35.5. The number of rotatable bonds is 2. The average Bonchev–Trinajstić information content (AvgIpc) is 2.28. The van der Waals surface area contributed by atoms with E-state index in [0.717, 1.165) is 5.57 Å². The van der Waals surface area contributed by atoms with Gasteiger partial charge < -0.3 is 0 Å². The molecule has 1 aromatic heterocycles. The summed E-state index contributed by atoms with van der Waals surface area (Å²) in [5.74, 6) is 0.525. The van der Waals surface area contributed by atoms with E-state index in [1.807, 2.05) is 0 Å². The van der Waals surface area contributed by atoms with Crippen LogP contribution in [0.25, 0.3) is 5.57 Å². The summed E-state index contributed by atoms with van der Waals surface area (Å²) in [6, 6.07) is 2.14. The summed E-state index contributed by atoms with van der Waals surface area (Å²) in [5.41, 5.74) is 2.25. The largest absolute Gasteiger partial charge is 0.145 e. The maximum absolute atomic E-state index is 5.67. The molecule has 1 rings (SSSR count). The second-order valence-corrected chi connectivity index (χ2v) is 4.29. The van der Waals surface area contributed by atoms with E-state index >= 15 is 0 Å². The lowest BCUT2D eigenvalue weighted by Crippen LogP contribution is -1.81. The molecular weight excluding hydrogens is 176 g/mol. The molecule has 0 saturated carbocycles. The molecular formula is C9H11ClS. The Morgan fingerprint density at radius 3 is 2.64 bits per heavy atom. The van der Waals surface area contributed by atoms with E-state index < -0.39 is 0 Å². The SMILES string of the molecule is C=C(CCl)c1cc(C)sc1C. The molecule has 0 bridgehead atoms. The number of thiophene rings is 1. The summed E-state index contributed by atoms with van der Waals surface area (Å²) in [5, 5.41) is 0. The third-order valence-electron chi connectivity index (χ3n) is 1.58. The topological polar surface area (TPSA) is 0 Å². The van der Waals surface area contributed by atoms with Crippen LogP contribution >= 0.6 is 22.9 Å². The Labute approximate surface area is 76.5 Å². The van der Waals surface area contributed by atoms with Crippen LogP contribution in [0.1, 0.15) is 15.3 Å². The van der Waals surface area contributed by atoms with Crippen molar-refractivity contribution in [2.75, 3.05) is 5.88 Å². The molecule has 0 aliphatic rings. The van der Waals surface area contributed by atoms with Gasteiger partial charge in [0, 0.05) is 15.6 Å². The van der Waals surface area contributed by atoms with Crippen LogP contribution in [0.15, 0.2) is 12.6 Å². The van der Waals surface area contributed by atoms with Crippen molar-refractivity contribution in [3.8, 4) is 0 Å². The first-order valence-corrected chi connectivity index (χ1v) is 4.81. The first kappa shape index (κ1) is 8.82. The van der Waals surface area contributed by atoms with Gasteiger partial charge in [-0.3, -0.25) is 0 Å². The van der Waals surface area contributed by atoms with Crippen LogP contribution in [0.3, 0.4) is 0 Å². The second kappa shape index (κ2) is 3.42. The van der Waals surface area contributed by atoms with Crippen molar-refractivity contribution in [3.05, 3.63) is 28.0 Å². The minimum atomic E-state index is 0.525. The van der Waals surface area contributed by atoms with Crippen LogP contribution in [0.4, 0.5) is 0 Å². The van der Waals surface area contributed by atoms with Gasteiger partial charge in [0.1, 0.15) is 0 Å². The zero-order valence-electron chi connectivity index (χ0n) is 6.78. The lowest BCUT2D eigenvalue weighted by molar-refractivity contribution is 1.52. The number of aryl methyl sites for hydroxylation is 2. The monoisotopic (exact) mass is 186 g/mol. The molecule has 1 aromatic rings. The summed E-state index contributed by atoms with van der Waals surface area (Å²) >= 11 is 7.47. The van der Waals surface area contributed by atoms with E-state index in [1.165, 1.54) is 15.3 Å². The minimum Gasteiger partial charge on any atom is -0.145 e. The molecule has 0 fully saturated rings. The fraction of sp³-hybridized carbons (Fsp3) is 0.333. The Hall–Kier alpha value is -0.270. The zero-order chi connectivity index (χ0) is 8.43. The third kappa shape index (κ3) is 1.85. The van der Waals surface area contributed by atoms with E-state index in [2.05, 4.69) is 26.5 Å². The fourth-order valence-electron chi connectivity index (χ4n) is 1.05. The minimum absolute atomic E-state index is 0.525. The molecule has 0 nitrogen and oxygen atoms in total. The number of allylic oxidation sites excluding steroid dienone is 1. The maximum Gasteiger partial charge on any atom is 0.0474 e. The van der Waals surface area contributed by atoms with Crippen molar-refractivity contribution in [1.29, 1.82) is 0 Å². The Kier molecular flexibility index (Phi) is 2.74. The van der Waals surface area contributed by atoms with E-state index in [4.69, 9.17) is 11.6 Å². The van der Waals surface area contributed by atoms with Crippen LogP contribution in [-0.2, 0) is 0 Å². The average molecular weight is 187 g/mol. The van der Waals surface area contributed by atoms with E-state index in [9.17, 15) is 0 Å². The van der Waals surface area contributed by atoms with Gasteiger partial charge in [-0.2, -0.15) is 0 Å². The molecule has 0 atom stereocenters. The standard InChI is InChI=1S/C9H11ClS/c1-6(5-10)9-4-7(2)11-8(9)3/h4H,1,5H2,2-3H3. The normalized spacial score (nSPS) is 10.1. The highest BCUT2D eigenvalue weighted by Gasteiger charge is 2.04. The molecule has 0 radical (unpaired) electrons. The summed E-state index contributed by atoms with van der Waals surface area (Å²) in [4.78, 5) is 2.64. The molecule has 0 aromatic carbocycles. The van der Waals surface area contributed by atoms with Gasteiger partial charge in [-0.1, -0.05) is 6.58 Å². The third-order valence-corrected chi connectivity index (χ3v) is 2.87. The van der Waals surface area contributed by atoms with Crippen molar-refractivity contribution in [3.63, 3.8) is 0 Å². The van der Waals surface area contributed by atoms with Gasteiger partial charge in [0.25, 0.3) is 0 Å². The summed E-state index contributed by atoms with van der Waals surface area (Å²) in [7, 11) is 0. The fourth-order valence-corrected chi connectivity index (χ4v) is 2.17. The van der Waals surface area contributed by atoms with Gasteiger partial charge in [-0.05, 0) is 31.1 Å². The van der Waals surface area contributed by atoms with E-state index in [1.54, 1.807) is 11.3 Å². The van der Waals surface area contributed by atoms with Gasteiger partial charge >= 0.3 is 0 Å². The summed E-state index contributed by atoms with van der Waals surface area (Å²) in [6.45, 7) is 8.09. The van der Waals surface area contributed by atoms with Crippen molar-refractivity contribution < 1.29 is 0 Å². The summed E-state index contributed by atoms with van der Waals surface area (Å²) < 4.78 is 0. The Morgan fingerprint density at radius 2 is 2.27 bits per heavy atom. The smallest absolute Gasteiger partial charge is 0.0474 e. The first-order chi connectivity index (χ1) is 5.15. The van der Waals surface area contributed by atoms with Crippen molar-refractivity contribution in [2.24, 2.45) is 0 Å². The predicted octanol–water partition coefficient (Wildman–Crippen LogP) is 3.62. The molecule has 0 spiro atoms. The first-order valence-electron chi connectivity index (χ1n) is 3.46. The van der Waals surface area contributed by atoms with Crippen LogP contribution in [0, 0.1) is 13.8 Å². The van der Waals surface area contributed by atoms with Crippen LogP contribution < -0.4 is 0 Å². The lowest BCUT2D eigenvalue weighted by Gasteiger charge is -1.97. The van der Waals surface area contributed by atoms with Gasteiger partial charge in [-0.25, -0.2) is 0 Å². The van der Waals surface area contributed by atoms with E-state index in [0.29, 0.717) is 5.88 Å². The van der Waals surface area contributed by atoms with E-state index in [-0.39, 0.29) is 0 Å². The van der Waals surface area contributed by atoms with Crippen molar-refractivity contribution in [1.82, 2.24) is 0 Å². The molecule has 0 unspecified atom stereocenters. The zero-order valence-corrected chi connectivity index (χ0v) is 8.35. The van der Waals surface area contributed by atoms with Gasteiger partial charge in [0.2, 0.25) is 0 Å². The number of hydrogen-bond acceptors (Lipinski definition) is 1. The van der Waals surface area contributed by atoms with Gasteiger partial charge in [0.15, 0.2) is 0 Å². The van der Waals surface area contributed by atoms with Gasteiger partial charge in [0.05, 0.1) is 0 Å². The Bertz CT molecular complexity index is 273. The molecule has 0 amide bonds. The molecule has 0 saturated heterocycles. The number of hydrogen-bond donors (Lipinski definition) is 0. The summed E-state index contributed by atoms with van der Waals surface area (Å²) in [6.07, 6.45) is 0. The number of alkyl halides is 1. The molecule has 11 heavy (non-hydrogen) atoms. The van der Waals surface area contributed by atoms with Crippen molar-refractivity contribution >= 4 is 28.5 Å². The highest BCUT2D eigenvalue weighted by molar-refractivity contribution is 7.12. The quantitative estimate of drug-likeness (QED) is 0.619. The molecule has 1 heterocycles. The molecule has 0 aliphatic heterocycles. The number of halogens is 1. The van der Waals surface area contributed by atoms with Gasteiger partial charge in [-0.15, -0.1) is 22.9 Å². The van der Waals surface area contributed by atoms with Crippen molar-refractivity contribution in [2.45, 2.75) is 13.8 Å². The molecule has 2 heteroatoms. The van der Waals surface area contributed by atoms with Crippen LogP contribution in [0.5, 0.6) is 0 Å². The van der Waals surface area contributed by atoms with Crippen LogP contribution in [0.2, 0.25) is 0 Å². The molecule has 0 N–H and O–H groups in total. The molecule has 60 valence electrons. The highest BCUT2D eigenvalue weighted by Crippen LogP contribution is 2.26. The Balaban J connectivity index is 3.03. The molecule has 0 aliphatic carbocycles. The Morgan fingerprint density at radius 1 is 1.64 bits per heavy atom. The maximum atomic E-state index is 5.67. The second-order valence-electron chi connectivity index (χ2n) is 2.56. The van der Waals surface area contributed by atoms with Crippen LogP contribution in [-0.4, -0.2) is 5.88 Å². The lowest BCUT2D eigenvalue weighted by atomic mass is 10.1.